The highest BCUT2D eigenvalue weighted by atomic mass is 16.5. The first kappa shape index (κ1) is 21.3. The first-order chi connectivity index (χ1) is 14.2. The molecule has 0 unspecified atom stereocenters. The van der Waals surface area contributed by atoms with Crippen LogP contribution in [0.4, 0.5) is 5.69 Å². The number of phenols is 1. The highest BCUT2D eigenvalue weighted by Crippen LogP contribution is 2.34. The third-order valence-corrected chi connectivity index (χ3v) is 5.36. The number of hydrogen-bond acceptors (Lipinski definition) is 5. The number of hydrogen-bond donors (Lipinski definition) is 2. The van der Waals surface area contributed by atoms with Crippen molar-refractivity contribution in [1.29, 1.82) is 0 Å². The Bertz CT molecular complexity index is 801. The van der Waals surface area contributed by atoms with Gasteiger partial charge in [-0.15, -0.1) is 0 Å². The molecule has 1 aliphatic rings. The van der Waals surface area contributed by atoms with Gasteiger partial charge in [0.15, 0.2) is 0 Å². The summed E-state index contributed by atoms with van der Waals surface area (Å²) < 4.78 is 11.4. The van der Waals surface area contributed by atoms with Crippen LogP contribution < -0.4 is 10.1 Å². The van der Waals surface area contributed by atoms with Crippen molar-refractivity contribution >= 4 is 12.4 Å². The Morgan fingerprint density at radius 3 is 2.59 bits per heavy atom. The van der Waals surface area contributed by atoms with Gasteiger partial charge in [0.2, 0.25) is 0 Å². The molecule has 0 aliphatic heterocycles. The Morgan fingerprint density at radius 2 is 1.86 bits per heavy atom. The van der Waals surface area contributed by atoms with Gasteiger partial charge in [-0.3, -0.25) is 10.3 Å². The normalized spacial score (nSPS) is 14.7. The molecule has 0 amide bonds. The lowest BCUT2D eigenvalue weighted by molar-refractivity contribution is 0.120. The number of rotatable bonds is 10. The highest BCUT2D eigenvalue weighted by molar-refractivity contribution is 5.72. The van der Waals surface area contributed by atoms with Gasteiger partial charge in [0, 0.05) is 18.2 Å². The van der Waals surface area contributed by atoms with Crippen molar-refractivity contribution in [3.63, 3.8) is 0 Å². The van der Waals surface area contributed by atoms with Gasteiger partial charge in [-0.25, -0.2) is 0 Å². The van der Waals surface area contributed by atoms with Crippen molar-refractivity contribution in [1.82, 2.24) is 5.32 Å². The number of benzene rings is 2. The molecule has 0 atom stereocenters. The zero-order valence-electron chi connectivity index (χ0n) is 17.3. The molecule has 0 radical (unpaired) electrons. The summed E-state index contributed by atoms with van der Waals surface area (Å²) in [5.41, 5.74) is 3.36. The molecule has 0 aromatic heterocycles. The maximum atomic E-state index is 10.3. The Balaban J connectivity index is 1.64. The topological polar surface area (TPSA) is 63.1 Å². The first-order valence-corrected chi connectivity index (χ1v) is 10.6. The van der Waals surface area contributed by atoms with Gasteiger partial charge in [0.1, 0.15) is 23.9 Å². The maximum absolute atomic E-state index is 10.3. The number of aliphatic imine (C=N–C) groups is 1. The van der Waals surface area contributed by atoms with Crippen LogP contribution >= 0.6 is 0 Å². The molecule has 2 aromatic rings. The summed E-state index contributed by atoms with van der Waals surface area (Å²) in [5.74, 6) is 0.949. The van der Waals surface area contributed by atoms with Crippen LogP contribution in [0.1, 0.15) is 51.0 Å². The monoisotopic (exact) mass is 396 g/mol. The smallest absolute Gasteiger partial charge is 0.146 e. The number of ether oxygens (including phenoxy) is 2. The Hall–Kier alpha value is -2.37. The second kappa shape index (κ2) is 11.0. The van der Waals surface area contributed by atoms with E-state index in [1.54, 1.807) is 6.07 Å². The van der Waals surface area contributed by atoms with Gasteiger partial charge in [0.25, 0.3) is 0 Å². The van der Waals surface area contributed by atoms with E-state index in [1.165, 1.54) is 32.1 Å². The number of phenolic OH excluding ortho intramolecular Hbond substituents is 1. The molecule has 29 heavy (non-hydrogen) atoms. The lowest BCUT2D eigenvalue weighted by atomic mass is 9.96. The van der Waals surface area contributed by atoms with Crippen LogP contribution in [0.2, 0.25) is 0 Å². The molecular weight excluding hydrogens is 364 g/mol. The van der Waals surface area contributed by atoms with E-state index < -0.39 is 0 Å². The minimum absolute atomic E-state index is 0.240. The van der Waals surface area contributed by atoms with Crippen LogP contribution in [0.3, 0.4) is 0 Å². The maximum Gasteiger partial charge on any atom is 0.146 e. The van der Waals surface area contributed by atoms with E-state index in [2.05, 4.69) is 24.0 Å². The summed E-state index contributed by atoms with van der Waals surface area (Å²) in [6.45, 7) is 7.32. The van der Waals surface area contributed by atoms with Gasteiger partial charge in [-0.05, 0) is 55.3 Å². The van der Waals surface area contributed by atoms with Crippen LogP contribution in [-0.2, 0) is 11.3 Å². The van der Waals surface area contributed by atoms with Gasteiger partial charge in [0.05, 0.1) is 6.61 Å². The van der Waals surface area contributed by atoms with Gasteiger partial charge < -0.3 is 14.6 Å². The molecular formula is C24H32N2O3. The molecule has 3 rings (SSSR count). The molecule has 1 fully saturated rings. The van der Waals surface area contributed by atoms with E-state index in [-0.39, 0.29) is 5.75 Å². The van der Waals surface area contributed by atoms with E-state index in [9.17, 15) is 5.11 Å². The fourth-order valence-electron chi connectivity index (χ4n) is 3.68. The Labute approximate surface area is 173 Å². The molecule has 5 nitrogen and oxygen atoms in total. The predicted molar refractivity (Wildman–Crippen MR) is 118 cm³/mol. The van der Waals surface area contributed by atoms with E-state index in [0.29, 0.717) is 37.4 Å². The summed E-state index contributed by atoms with van der Waals surface area (Å²) in [6.07, 6.45) is 7.33. The van der Waals surface area contributed by atoms with Crippen LogP contribution in [0, 0.1) is 0 Å². The Kier molecular flexibility index (Phi) is 8.08. The third kappa shape index (κ3) is 6.05. The fourth-order valence-corrected chi connectivity index (χ4v) is 3.68. The molecule has 0 spiro atoms. The summed E-state index contributed by atoms with van der Waals surface area (Å²) in [4.78, 5) is 4.13. The lowest BCUT2D eigenvalue weighted by Gasteiger charge is -2.23. The standard InChI is InChI=1S/C24H32N2O3/c1-3-13-28-16-20-10-9-19(15-23(20)27)18-11-12-24(22(14-18)25-2)29-17-26-21-7-5-4-6-8-21/h9-12,14-15,21,26-27H,2-8,13,16-17H2,1H3. The SMILES string of the molecule is C=Nc1cc(-c2ccc(COCCC)c(O)c2)ccc1OCNC1CCCCC1. The van der Waals surface area contributed by atoms with Crippen molar-refractivity contribution in [3.8, 4) is 22.6 Å². The molecule has 2 aromatic carbocycles. The zero-order chi connectivity index (χ0) is 20.5. The van der Waals surface area contributed by atoms with E-state index in [1.807, 2.05) is 30.3 Å². The highest BCUT2D eigenvalue weighted by Gasteiger charge is 2.13. The van der Waals surface area contributed by atoms with Crippen molar-refractivity contribution < 1.29 is 14.6 Å². The minimum Gasteiger partial charge on any atom is -0.508 e. The number of aromatic hydroxyl groups is 1. The van der Waals surface area contributed by atoms with E-state index in [4.69, 9.17) is 9.47 Å². The summed E-state index contributed by atoms with van der Waals surface area (Å²) in [7, 11) is 0. The van der Waals surface area contributed by atoms with Crippen molar-refractivity contribution in [2.24, 2.45) is 4.99 Å². The molecule has 0 saturated heterocycles. The lowest BCUT2D eigenvalue weighted by Crippen LogP contribution is -2.33. The first-order valence-electron chi connectivity index (χ1n) is 10.6. The molecule has 0 bridgehead atoms. The molecule has 1 aliphatic carbocycles. The van der Waals surface area contributed by atoms with Gasteiger partial charge in [-0.1, -0.05) is 44.4 Å². The van der Waals surface area contributed by atoms with E-state index >= 15 is 0 Å². The van der Waals surface area contributed by atoms with Gasteiger partial charge >= 0.3 is 0 Å². The second-order valence-electron chi connectivity index (χ2n) is 7.56. The third-order valence-electron chi connectivity index (χ3n) is 5.36. The van der Waals surface area contributed by atoms with Crippen LogP contribution in [0.5, 0.6) is 11.5 Å². The fraction of sp³-hybridized carbons (Fsp3) is 0.458. The van der Waals surface area contributed by atoms with Crippen molar-refractivity contribution in [2.75, 3.05) is 13.3 Å². The van der Waals surface area contributed by atoms with Crippen molar-refractivity contribution in [3.05, 3.63) is 42.0 Å². The average Bonchev–Trinajstić information content (AvgIpc) is 2.76. The van der Waals surface area contributed by atoms with Gasteiger partial charge in [-0.2, -0.15) is 0 Å². The summed E-state index contributed by atoms with van der Waals surface area (Å²) in [6, 6.07) is 12.0. The quantitative estimate of drug-likeness (QED) is 0.313. The second-order valence-corrected chi connectivity index (χ2v) is 7.56. The predicted octanol–water partition coefficient (Wildman–Crippen LogP) is 5.58. The summed E-state index contributed by atoms with van der Waals surface area (Å²) in [5, 5.41) is 13.8. The number of nitrogens with one attached hydrogen (secondary N) is 1. The van der Waals surface area contributed by atoms with Crippen LogP contribution in [0.25, 0.3) is 11.1 Å². The molecule has 156 valence electrons. The minimum atomic E-state index is 0.240. The number of nitrogens with zero attached hydrogens (tertiary/aromatic N) is 1. The molecule has 1 saturated carbocycles. The summed E-state index contributed by atoms with van der Waals surface area (Å²) >= 11 is 0. The van der Waals surface area contributed by atoms with Crippen LogP contribution in [0.15, 0.2) is 41.4 Å². The molecule has 2 N–H and O–H groups in total. The molecule has 5 heteroatoms. The molecule has 0 heterocycles. The Morgan fingerprint density at radius 1 is 1.10 bits per heavy atom. The van der Waals surface area contributed by atoms with Crippen LogP contribution in [-0.4, -0.2) is 31.2 Å². The van der Waals surface area contributed by atoms with E-state index in [0.717, 1.165) is 23.1 Å². The largest absolute Gasteiger partial charge is 0.508 e. The zero-order valence-corrected chi connectivity index (χ0v) is 17.3. The van der Waals surface area contributed by atoms with Crippen molar-refractivity contribution in [2.45, 2.75) is 58.1 Å². The average molecular weight is 397 g/mol.